The highest BCUT2D eigenvalue weighted by atomic mass is 32.1. The summed E-state index contributed by atoms with van der Waals surface area (Å²) in [5, 5.41) is 5.12. The molecule has 1 aliphatic rings. The van der Waals surface area contributed by atoms with Crippen molar-refractivity contribution in [2.75, 3.05) is 43.4 Å². The molecule has 5 rings (SSSR count). The predicted molar refractivity (Wildman–Crippen MR) is 132 cm³/mol. The summed E-state index contributed by atoms with van der Waals surface area (Å²) in [4.78, 5) is 39.1. The van der Waals surface area contributed by atoms with E-state index in [1.165, 1.54) is 11.3 Å². The minimum absolute atomic E-state index is 0.137. The van der Waals surface area contributed by atoms with Gasteiger partial charge in [0.05, 0.1) is 22.1 Å². The van der Waals surface area contributed by atoms with Crippen LogP contribution in [0.15, 0.2) is 58.4 Å². The number of anilines is 2. The molecular weight excluding hydrogens is 436 g/mol. The van der Waals surface area contributed by atoms with E-state index in [0.717, 1.165) is 37.4 Å². The highest BCUT2D eigenvalue weighted by Crippen LogP contribution is 2.23. The van der Waals surface area contributed by atoms with Gasteiger partial charge in [-0.15, -0.1) is 11.3 Å². The molecule has 33 heavy (non-hydrogen) atoms. The average Bonchev–Trinajstić information content (AvgIpc) is 3.37. The number of hydrogen-bond donors (Lipinski definition) is 1. The van der Waals surface area contributed by atoms with Gasteiger partial charge in [0.15, 0.2) is 0 Å². The molecule has 1 N–H and O–H groups in total. The number of aryl methyl sites for hydroxylation is 1. The van der Waals surface area contributed by atoms with E-state index in [1.54, 1.807) is 27.9 Å². The predicted octanol–water partition coefficient (Wildman–Crippen LogP) is 3.15. The molecular formula is C24H24N6O2S. The smallest absolute Gasteiger partial charge is 0.275 e. The molecule has 4 aromatic rings. The maximum absolute atomic E-state index is 13.5. The van der Waals surface area contributed by atoms with E-state index in [2.05, 4.69) is 32.1 Å². The second kappa shape index (κ2) is 8.76. The van der Waals surface area contributed by atoms with Crippen molar-refractivity contribution < 1.29 is 4.79 Å². The molecule has 0 bridgehead atoms. The van der Waals surface area contributed by atoms with Gasteiger partial charge in [0.2, 0.25) is 0 Å². The Balaban J connectivity index is 1.51. The number of benzene rings is 2. The SMILES string of the molecule is Cc1ccc(NC(=O)c2cscn2)cc1-n1cnc2ccc(N3CCN(C)CC3)cc2c1=O. The lowest BCUT2D eigenvalue weighted by molar-refractivity contribution is 0.102. The molecule has 0 aliphatic carbocycles. The van der Waals surface area contributed by atoms with Crippen LogP contribution in [0.3, 0.4) is 0 Å². The average molecular weight is 461 g/mol. The third-order valence-electron chi connectivity index (χ3n) is 6.00. The fourth-order valence-electron chi connectivity index (χ4n) is 4.01. The van der Waals surface area contributed by atoms with E-state index in [4.69, 9.17) is 0 Å². The van der Waals surface area contributed by atoms with Crippen molar-refractivity contribution in [3.63, 3.8) is 0 Å². The van der Waals surface area contributed by atoms with Crippen LogP contribution in [0, 0.1) is 6.92 Å². The Bertz CT molecular complexity index is 1370. The normalized spacial score (nSPS) is 14.5. The molecule has 0 spiro atoms. The number of likely N-dealkylation sites (N-methyl/N-ethyl adjacent to an activating group) is 1. The summed E-state index contributed by atoms with van der Waals surface area (Å²) < 4.78 is 1.55. The molecule has 1 saturated heterocycles. The van der Waals surface area contributed by atoms with Crippen LogP contribution in [0.5, 0.6) is 0 Å². The van der Waals surface area contributed by atoms with Gasteiger partial charge in [-0.1, -0.05) is 6.07 Å². The minimum atomic E-state index is -0.285. The number of hydrogen-bond acceptors (Lipinski definition) is 7. The van der Waals surface area contributed by atoms with Crippen molar-refractivity contribution in [1.29, 1.82) is 0 Å². The molecule has 0 radical (unpaired) electrons. The molecule has 1 fully saturated rings. The van der Waals surface area contributed by atoms with Crippen molar-refractivity contribution in [1.82, 2.24) is 19.4 Å². The van der Waals surface area contributed by atoms with Gasteiger partial charge in [-0.05, 0) is 49.9 Å². The number of aromatic nitrogens is 3. The van der Waals surface area contributed by atoms with Gasteiger partial charge in [0, 0.05) is 42.9 Å². The van der Waals surface area contributed by atoms with Crippen molar-refractivity contribution in [2.45, 2.75) is 6.92 Å². The second-order valence-electron chi connectivity index (χ2n) is 8.24. The van der Waals surface area contributed by atoms with Crippen molar-refractivity contribution in [2.24, 2.45) is 0 Å². The van der Waals surface area contributed by atoms with Gasteiger partial charge in [-0.25, -0.2) is 9.97 Å². The number of carbonyl (C=O) groups excluding carboxylic acids is 1. The molecule has 168 valence electrons. The monoisotopic (exact) mass is 460 g/mol. The first-order valence-corrected chi connectivity index (χ1v) is 11.7. The third-order valence-corrected chi connectivity index (χ3v) is 6.59. The number of nitrogens with zero attached hydrogens (tertiary/aromatic N) is 5. The summed E-state index contributed by atoms with van der Waals surface area (Å²) in [7, 11) is 2.12. The Morgan fingerprint density at radius 2 is 1.88 bits per heavy atom. The van der Waals surface area contributed by atoms with Crippen LogP contribution in [0.4, 0.5) is 11.4 Å². The van der Waals surface area contributed by atoms with Gasteiger partial charge in [0.1, 0.15) is 12.0 Å². The number of rotatable bonds is 4. The van der Waals surface area contributed by atoms with Crippen LogP contribution in [0.2, 0.25) is 0 Å². The first-order valence-electron chi connectivity index (χ1n) is 10.7. The molecule has 9 heteroatoms. The highest BCUT2D eigenvalue weighted by molar-refractivity contribution is 7.07. The quantitative estimate of drug-likeness (QED) is 0.504. The molecule has 1 amide bonds. The number of thiazole rings is 1. The van der Waals surface area contributed by atoms with Gasteiger partial charge in [-0.3, -0.25) is 14.2 Å². The Kier molecular flexibility index (Phi) is 5.65. The number of carbonyl (C=O) groups is 1. The standard InChI is InChI=1S/C24H24N6O2S/c1-16-3-4-17(27-23(31)21-13-33-15-26-21)11-22(16)30-14-25-20-6-5-18(12-19(20)24(30)32)29-9-7-28(2)8-10-29/h3-6,11-15H,7-10H2,1-2H3,(H,27,31). The van der Waals surface area contributed by atoms with Crippen molar-refractivity contribution in [3.05, 3.63) is 75.2 Å². The van der Waals surface area contributed by atoms with Crippen molar-refractivity contribution >= 4 is 39.5 Å². The molecule has 8 nitrogen and oxygen atoms in total. The van der Waals surface area contributed by atoms with Crippen LogP contribution < -0.4 is 15.8 Å². The second-order valence-corrected chi connectivity index (χ2v) is 8.96. The summed E-state index contributed by atoms with van der Waals surface area (Å²) in [6, 6.07) is 11.4. The lowest BCUT2D eigenvalue weighted by atomic mass is 10.1. The Labute approximate surface area is 195 Å². The largest absolute Gasteiger partial charge is 0.369 e. The highest BCUT2D eigenvalue weighted by Gasteiger charge is 2.16. The molecule has 2 aromatic carbocycles. The summed E-state index contributed by atoms with van der Waals surface area (Å²) >= 11 is 1.36. The molecule has 2 aromatic heterocycles. The van der Waals surface area contributed by atoms with E-state index >= 15 is 0 Å². The van der Waals surface area contributed by atoms with Crippen LogP contribution in [0.25, 0.3) is 16.6 Å². The summed E-state index contributed by atoms with van der Waals surface area (Å²) in [6.45, 7) is 5.77. The van der Waals surface area contributed by atoms with Crippen LogP contribution in [-0.2, 0) is 0 Å². The van der Waals surface area contributed by atoms with Gasteiger partial charge in [0.25, 0.3) is 11.5 Å². The zero-order valence-corrected chi connectivity index (χ0v) is 19.3. The van der Waals surface area contributed by atoms with Gasteiger partial charge >= 0.3 is 0 Å². The fourth-order valence-corrected chi connectivity index (χ4v) is 4.54. The molecule has 0 atom stereocenters. The summed E-state index contributed by atoms with van der Waals surface area (Å²) in [5.41, 5.74) is 5.72. The topological polar surface area (TPSA) is 83.4 Å². The fraction of sp³-hybridized carbons (Fsp3) is 0.250. The first kappa shape index (κ1) is 21.3. The Morgan fingerprint density at radius 1 is 1.06 bits per heavy atom. The van der Waals surface area contributed by atoms with Gasteiger partial charge in [-0.2, -0.15) is 0 Å². The minimum Gasteiger partial charge on any atom is -0.369 e. The Morgan fingerprint density at radius 3 is 2.64 bits per heavy atom. The van der Waals surface area contributed by atoms with Gasteiger partial charge < -0.3 is 15.1 Å². The van der Waals surface area contributed by atoms with Crippen molar-refractivity contribution in [3.8, 4) is 5.69 Å². The molecule has 3 heterocycles. The van der Waals surface area contributed by atoms with E-state index in [0.29, 0.717) is 28.0 Å². The third kappa shape index (κ3) is 4.24. The first-order chi connectivity index (χ1) is 16.0. The maximum atomic E-state index is 13.5. The maximum Gasteiger partial charge on any atom is 0.275 e. The lowest BCUT2D eigenvalue weighted by Gasteiger charge is -2.34. The molecule has 0 saturated carbocycles. The number of amides is 1. The summed E-state index contributed by atoms with van der Waals surface area (Å²) in [5.74, 6) is -0.285. The van der Waals surface area contributed by atoms with Crippen LogP contribution in [-0.4, -0.2) is 58.6 Å². The van der Waals surface area contributed by atoms with Crippen LogP contribution >= 0.6 is 11.3 Å². The van der Waals surface area contributed by atoms with E-state index < -0.39 is 0 Å². The number of piperazine rings is 1. The van der Waals surface area contributed by atoms with E-state index in [1.807, 2.05) is 37.3 Å². The molecule has 1 aliphatic heterocycles. The summed E-state index contributed by atoms with van der Waals surface area (Å²) in [6.07, 6.45) is 1.55. The van der Waals surface area contributed by atoms with Crippen LogP contribution in [0.1, 0.15) is 16.1 Å². The molecule has 0 unspecified atom stereocenters. The Hall–Kier alpha value is -3.56. The zero-order chi connectivity index (χ0) is 22.9. The lowest BCUT2D eigenvalue weighted by Crippen LogP contribution is -2.44. The number of nitrogens with one attached hydrogen (secondary N) is 1. The van der Waals surface area contributed by atoms with E-state index in [-0.39, 0.29) is 11.5 Å². The number of fused-ring (bicyclic) bond motifs is 1. The zero-order valence-electron chi connectivity index (χ0n) is 18.5. The van der Waals surface area contributed by atoms with E-state index in [9.17, 15) is 9.59 Å².